The largest absolute Gasteiger partial charge is 0.354 e. The van der Waals surface area contributed by atoms with Gasteiger partial charge in [-0.15, -0.1) is 11.3 Å². The minimum atomic E-state index is 0.782. The van der Waals surface area contributed by atoms with Crippen LogP contribution in [0.15, 0.2) is 36.4 Å². The van der Waals surface area contributed by atoms with Crippen LogP contribution in [-0.2, 0) is 0 Å². The molecular weight excluding hydrogens is 292 g/mol. The zero-order valence-corrected chi connectivity index (χ0v) is 12.1. The molecule has 0 fully saturated rings. The van der Waals surface area contributed by atoms with Crippen molar-refractivity contribution in [1.29, 1.82) is 0 Å². The first kappa shape index (κ1) is 11.3. The van der Waals surface area contributed by atoms with E-state index >= 15 is 0 Å². The summed E-state index contributed by atoms with van der Waals surface area (Å²) in [7, 11) is 0. The van der Waals surface area contributed by atoms with Gasteiger partial charge in [0, 0.05) is 21.8 Å². The Balaban J connectivity index is 2.40. The number of rotatable bonds is 0. The summed E-state index contributed by atoms with van der Waals surface area (Å²) in [5.74, 6) is 0. The molecule has 0 spiro atoms. The predicted octanol–water partition coefficient (Wildman–Crippen LogP) is 5.32. The summed E-state index contributed by atoms with van der Waals surface area (Å²) in [5, 5.41) is 2.17. The molecular formula is C14H8N2S3. The smallest absolute Gasteiger partial charge is 0.159 e. The first-order valence-corrected chi connectivity index (χ1v) is 7.44. The molecule has 2 nitrogen and oxygen atoms in total. The van der Waals surface area contributed by atoms with E-state index in [2.05, 4.69) is 22.1 Å². The summed E-state index contributed by atoms with van der Waals surface area (Å²) in [4.78, 5) is 6.64. The molecule has 2 N–H and O–H groups in total. The lowest BCUT2D eigenvalue weighted by Gasteiger charge is -2.04. The summed E-state index contributed by atoms with van der Waals surface area (Å²) in [6.45, 7) is 0. The fourth-order valence-corrected chi connectivity index (χ4v) is 4.12. The summed E-state index contributed by atoms with van der Waals surface area (Å²) in [6, 6.07) is 12.2. The van der Waals surface area contributed by atoms with Crippen LogP contribution in [-0.4, -0.2) is 9.97 Å². The second-order valence-electron chi connectivity index (χ2n) is 4.38. The Kier molecular flexibility index (Phi) is 2.35. The van der Waals surface area contributed by atoms with Crippen LogP contribution in [0.4, 0.5) is 0 Å². The van der Waals surface area contributed by atoms with Crippen LogP contribution < -0.4 is 0 Å². The predicted molar refractivity (Wildman–Crippen MR) is 87.2 cm³/mol. The van der Waals surface area contributed by atoms with E-state index in [9.17, 15) is 0 Å². The number of H-pyrrole nitrogens is 2. The van der Waals surface area contributed by atoms with Crippen molar-refractivity contribution in [3.63, 3.8) is 0 Å². The Morgan fingerprint density at radius 2 is 1.63 bits per heavy atom. The normalized spacial score (nSPS) is 11.6. The molecule has 0 bridgehead atoms. The van der Waals surface area contributed by atoms with Gasteiger partial charge < -0.3 is 9.97 Å². The standard InChI is InChI=1S/C14H8N2S3/c17-12-7-3-1-2-4-8(7)15-9-5-6-10-13(11(9)12)19-14(18)16-10/h1-6H,(H,15,17)(H,16,18). The van der Waals surface area contributed by atoms with Crippen molar-refractivity contribution < 1.29 is 0 Å². The number of hydrogen-bond acceptors (Lipinski definition) is 3. The number of pyridine rings is 1. The van der Waals surface area contributed by atoms with E-state index < -0.39 is 0 Å². The fraction of sp³-hybridized carbons (Fsp3) is 0. The molecule has 0 aliphatic carbocycles. The second-order valence-corrected chi connectivity index (χ2v) is 6.47. The molecule has 2 aromatic heterocycles. The third kappa shape index (κ3) is 1.59. The molecule has 0 unspecified atom stereocenters. The van der Waals surface area contributed by atoms with E-state index in [1.54, 1.807) is 11.3 Å². The van der Waals surface area contributed by atoms with Crippen LogP contribution in [0.1, 0.15) is 0 Å². The van der Waals surface area contributed by atoms with E-state index in [4.69, 9.17) is 24.4 Å². The van der Waals surface area contributed by atoms with Crippen LogP contribution in [0.2, 0.25) is 0 Å². The fourth-order valence-electron chi connectivity index (χ4n) is 2.41. The van der Waals surface area contributed by atoms with Crippen LogP contribution in [0.3, 0.4) is 0 Å². The molecule has 2 aromatic carbocycles. The van der Waals surface area contributed by atoms with E-state index in [1.165, 1.54) is 0 Å². The second kappa shape index (κ2) is 3.96. The van der Waals surface area contributed by atoms with Gasteiger partial charge in [-0.2, -0.15) is 0 Å². The van der Waals surface area contributed by atoms with Crippen molar-refractivity contribution >= 4 is 67.8 Å². The molecule has 0 aliphatic heterocycles. The quantitative estimate of drug-likeness (QED) is 0.340. The maximum atomic E-state index is 5.67. The monoisotopic (exact) mass is 300 g/mol. The minimum Gasteiger partial charge on any atom is -0.354 e. The maximum absolute atomic E-state index is 5.67. The van der Waals surface area contributed by atoms with E-state index in [0.717, 1.165) is 40.5 Å². The summed E-state index contributed by atoms with van der Waals surface area (Å²) in [5.41, 5.74) is 3.18. The van der Waals surface area contributed by atoms with Crippen LogP contribution in [0.5, 0.6) is 0 Å². The highest BCUT2D eigenvalue weighted by molar-refractivity contribution is 7.73. The molecule has 92 valence electrons. The van der Waals surface area contributed by atoms with Gasteiger partial charge in [-0.25, -0.2) is 0 Å². The average Bonchev–Trinajstić information content (AvgIpc) is 2.79. The van der Waals surface area contributed by atoms with E-state index in [-0.39, 0.29) is 0 Å². The number of fused-ring (bicyclic) bond motifs is 4. The van der Waals surface area contributed by atoms with E-state index in [1.807, 2.05) is 24.3 Å². The van der Waals surface area contributed by atoms with Crippen LogP contribution in [0.25, 0.3) is 32.0 Å². The van der Waals surface area contributed by atoms with Crippen LogP contribution in [0, 0.1) is 8.46 Å². The molecule has 4 rings (SSSR count). The number of aromatic amines is 2. The first-order valence-electron chi connectivity index (χ1n) is 5.80. The molecule has 0 saturated heterocycles. The van der Waals surface area contributed by atoms with Crippen molar-refractivity contribution in [2.75, 3.05) is 0 Å². The van der Waals surface area contributed by atoms with Gasteiger partial charge in [0.15, 0.2) is 3.95 Å². The van der Waals surface area contributed by atoms with Crippen molar-refractivity contribution in [3.8, 4) is 0 Å². The lowest BCUT2D eigenvalue weighted by molar-refractivity contribution is 1.46. The van der Waals surface area contributed by atoms with Gasteiger partial charge in [-0.3, -0.25) is 0 Å². The number of benzene rings is 2. The highest BCUT2D eigenvalue weighted by Crippen LogP contribution is 2.31. The molecule has 2 heterocycles. The first-order chi connectivity index (χ1) is 9.24. The summed E-state index contributed by atoms with van der Waals surface area (Å²) >= 11 is 12.5. The topological polar surface area (TPSA) is 31.6 Å². The van der Waals surface area contributed by atoms with E-state index in [0.29, 0.717) is 0 Å². The van der Waals surface area contributed by atoms with Gasteiger partial charge in [-0.05, 0) is 30.4 Å². The Labute approximate surface area is 122 Å². The molecule has 4 aromatic rings. The summed E-state index contributed by atoms with van der Waals surface area (Å²) < 4.78 is 2.81. The lowest BCUT2D eigenvalue weighted by Crippen LogP contribution is -1.84. The van der Waals surface area contributed by atoms with Crippen molar-refractivity contribution in [3.05, 3.63) is 44.9 Å². The van der Waals surface area contributed by atoms with Crippen molar-refractivity contribution in [2.24, 2.45) is 0 Å². The Morgan fingerprint density at radius 3 is 2.53 bits per heavy atom. The number of para-hydroxylation sites is 1. The zero-order chi connectivity index (χ0) is 13.0. The third-order valence-corrected chi connectivity index (χ3v) is 4.95. The highest BCUT2D eigenvalue weighted by Gasteiger charge is 2.08. The third-order valence-electron chi connectivity index (χ3n) is 3.26. The van der Waals surface area contributed by atoms with Gasteiger partial charge in [0.25, 0.3) is 0 Å². The SMILES string of the molecule is S=c1[nH]c2ccc3[nH]c4ccccc4c(=S)c3c2s1. The minimum absolute atomic E-state index is 0.782. The Hall–Kier alpha value is -1.56. The molecule has 19 heavy (non-hydrogen) atoms. The van der Waals surface area contributed by atoms with Crippen molar-refractivity contribution in [1.82, 2.24) is 9.97 Å². The molecule has 0 atom stereocenters. The Morgan fingerprint density at radius 1 is 0.842 bits per heavy atom. The molecule has 0 aliphatic rings. The molecule has 0 radical (unpaired) electrons. The van der Waals surface area contributed by atoms with Gasteiger partial charge >= 0.3 is 0 Å². The Bertz CT molecular complexity index is 1050. The molecule has 5 heteroatoms. The number of nitrogens with one attached hydrogen (secondary N) is 2. The maximum Gasteiger partial charge on any atom is 0.159 e. The lowest BCUT2D eigenvalue weighted by atomic mass is 10.1. The highest BCUT2D eigenvalue weighted by atomic mass is 32.1. The van der Waals surface area contributed by atoms with Gasteiger partial charge in [-0.1, -0.05) is 30.4 Å². The van der Waals surface area contributed by atoms with Crippen LogP contribution >= 0.6 is 35.8 Å². The number of thiazole rings is 1. The summed E-state index contributed by atoms with van der Waals surface area (Å²) in [6.07, 6.45) is 0. The van der Waals surface area contributed by atoms with Crippen molar-refractivity contribution in [2.45, 2.75) is 0 Å². The number of aromatic nitrogens is 2. The molecule has 0 amide bonds. The average molecular weight is 300 g/mol. The van der Waals surface area contributed by atoms with Gasteiger partial charge in [0.2, 0.25) is 0 Å². The van der Waals surface area contributed by atoms with Gasteiger partial charge in [0.1, 0.15) is 0 Å². The van der Waals surface area contributed by atoms with Gasteiger partial charge in [0.05, 0.1) is 14.7 Å². The number of hydrogen-bond donors (Lipinski definition) is 2. The zero-order valence-electron chi connectivity index (χ0n) is 9.69. The molecule has 0 saturated carbocycles.